The first kappa shape index (κ1) is 17.0. The minimum Gasteiger partial charge on any atom is -0.192 e. The van der Waals surface area contributed by atoms with Crippen molar-refractivity contribution in [2.75, 3.05) is 0 Å². The van der Waals surface area contributed by atoms with Gasteiger partial charge in [-0.25, -0.2) is 0 Å². The summed E-state index contributed by atoms with van der Waals surface area (Å²) in [6, 6.07) is 9.01. The van der Waals surface area contributed by atoms with Crippen LogP contribution in [0.5, 0.6) is 0 Å². The van der Waals surface area contributed by atoms with E-state index >= 15 is 0 Å². The third kappa shape index (κ3) is 3.99. The van der Waals surface area contributed by atoms with Gasteiger partial charge in [0, 0.05) is 0 Å². The molecule has 0 bridgehead atoms. The van der Waals surface area contributed by atoms with Crippen molar-refractivity contribution in [3.05, 3.63) is 34.4 Å². The first-order chi connectivity index (χ1) is 11.8. The van der Waals surface area contributed by atoms with Gasteiger partial charge in [-0.2, -0.15) is 10.5 Å². The minimum atomic E-state index is 0.663. The van der Waals surface area contributed by atoms with Gasteiger partial charge < -0.3 is 0 Å². The Morgan fingerprint density at radius 2 is 1.04 bits per heavy atom. The molecule has 2 heteroatoms. The number of benzene rings is 1. The molecule has 1 aromatic rings. The van der Waals surface area contributed by atoms with E-state index in [1.54, 1.807) is 0 Å². The van der Waals surface area contributed by atoms with Gasteiger partial charge in [-0.3, -0.25) is 0 Å². The Bertz CT molecular complexity index is 578. The fourth-order valence-corrected chi connectivity index (χ4v) is 4.69. The lowest BCUT2D eigenvalue weighted by Gasteiger charge is -2.24. The maximum Gasteiger partial charge on any atom is 0.101 e. The van der Waals surface area contributed by atoms with Gasteiger partial charge >= 0.3 is 0 Å². The molecule has 0 atom stereocenters. The molecule has 1 aromatic carbocycles. The van der Waals surface area contributed by atoms with E-state index in [1.165, 1.54) is 64.2 Å². The Hall–Kier alpha value is -1.80. The van der Waals surface area contributed by atoms with E-state index in [2.05, 4.69) is 24.3 Å². The lowest BCUT2D eigenvalue weighted by molar-refractivity contribution is 0.355. The van der Waals surface area contributed by atoms with Crippen LogP contribution >= 0.6 is 0 Å². The van der Waals surface area contributed by atoms with Crippen molar-refractivity contribution in [1.29, 1.82) is 10.5 Å². The van der Waals surface area contributed by atoms with Crippen LogP contribution in [0.1, 0.15) is 86.5 Å². The zero-order valence-corrected chi connectivity index (χ0v) is 14.7. The van der Waals surface area contributed by atoms with Crippen LogP contribution in [0.4, 0.5) is 0 Å². The molecule has 0 amide bonds. The van der Waals surface area contributed by atoms with E-state index in [0.29, 0.717) is 23.0 Å². The number of hydrogen-bond donors (Lipinski definition) is 0. The molecular weight excluding hydrogens is 292 g/mol. The van der Waals surface area contributed by atoms with Gasteiger partial charge in [-0.1, -0.05) is 76.3 Å². The van der Waals surface area contributed by atoms with Crippen molar-refractivity contribution < 1.29 is 0 Å². The Kier molecular flexibility index (Phi) is 5.92. The van der Waals surface area contributed by atoms with Crippen LogP contribution in [0.25, 0.3) is 0 Å². The summed E-state index contributed by atoms with van der Waals surface area (Å²) in [5.74, 6) is 1.39. The number of nitriles is 2. The van der Waals surface area contributed by atoms with Gasteiger partial charge in [-0.15, -0.1) is 0 Å². The maximum atomic E-state index is 9.69. The number of rotatable bonds is 4. The van der Waals surface area contributed by atoms with Crippen LogP contribution < -0.4 is 0 Å². The Balaban J connectivity index is 1.81. The molecule has 2 aliphatic rings. The summed E-state index contributed by atoms with van der Waals surface area (Å²) in [7, 11) is 0. The number of hydrogen-bond acceptors (Lipinski definition) is 2. The average Bonchev–Trinajstić information content (AvgIpc) is 2.64. The monoisotopic (exact) mass is 320 g/mol. The highest BCUT2D eigenvalue weighted by Gasteiger charge is 2.21. The van der Waals surface area contributed by atoms with Crippen LogP contribution in [0.3, 0.4) is 0 Å². The second-order valence-corrected chi connectivity index (χ2v) is 7.77. The van der Waals surface area contributed by atoms with E-state index < -0.39 is 0 Å². The van der Waals surface area contributed by atoms with Crippen molar-refractivity contribution in [2.24, 2.45) is 11.8 Å². The molecule has 0 unspecified atom stereocenters. The summed E-state index contributed by atoms with van der Waals surface area (Å²) in [6.45, 7) is 0. The van der Waals surface area contributed by atoms with Crippen LogP contribution in [0, 0.1) is 34.5 Å². The van der Waals surface area contributed by atoms with Gasteiger partial charge in [0.1, 0.15) is 12.1 Å². The first-order valence-electron chi connectivity index (χ1n) is 9.76. The second-order valence-electron chi connectivity index (χ2n) is 7.77. The minimum absolute atomic E-state index is 0.663. The van der Waals surface area contributed by atoms with Gasteiger partial charge in [0.15, 0.2) is 0 Å². The normalized spacial score (nSPS) is 19.6. The molecule has 126 valence electrons. The predicted octanol–water partition coefficient (Wildman–Crippen LogP) is 5.68. The molecule has 24 heavy (non-hydrogen) atoms. The molecule has 0 aliphatic heterocycles. The zero-order valence-electron chi connectivity index (χ0n) is 14.7. The standard InChI is InChI=1S/C22H28N2/c23-15-21-19(13-17-7-3-1-4-8-17)11-12-20(22(21)16-24)14-18-9-5-2-6-10-18/h11-12,17-18H,1-10,13-14H2. The highest BCUT2D eigenvalue weighted by Crippen LogP contribution is 2.32. The van der Waals surface area contributed by atoms with Crippen molar-refractivity contribution in [3.63, 3.8) is 0 Å². The highest BCUT2D eigenvalue weighted by molar-refractivity contribution is 5.55. The molecular formula is C22H28N2. The van der Waals surface area contributed by atoms with E-state index in [9.17, 15) is 10.5 Å². The van der Waals surface area contributed by atoms with Crippen molar-refractivity contribution in [3.8, 4) is 12.1 Å². The van der Waals surface area contributed by atoms with Gasteiger partial charge in [0.25, 0.3) is 0 Å². The summed E-state index contributed by atoms with van der Waals surface area (Å²) in [6.07, 6.45) is 15.0. The number of nitrogens with zero attached hydrogens (tertiary/aromatic N) is 2. The summed E-state index contributed by atoms with van der Waals surface area (Å²) in [5.41, 5.74) is 3.54. The van der Waals surface area contributed by atoms with E-state index in [0.717, 1.165) is 24.0 Å². The van der Waals surface area contributed by atoms with Gasteiger partial charge in [0.05, 0.1) is 11.1 Å². The molecule has 3 rings (SSSR count). The Morgan fingerprint density at radius 3 is 1.38 bits per heavy atom. The molecule has 0 N–H and O–H groups in total. The van der Waals surface area contributed by atoms with E-state index in [4.69, 9.17) is 0 Å². The average molecular weight is 320 g/mol. The molecule has 2 aliphatic carbocycles. The van der Waals surface area contributed by atoms with Crippen LogP contribution in [-0.4, -0.2) is 0 Å². The van der Waals surface area contributed by atoms with Crippen LogP contribution in [0.15, 0.2) is 12.1 Å². The molecule has 0 spiro atoms. The summed E-state index contributed by atoms with van der Waals surface area (Å²) in [5, 5.41) is 19.4. The Morgan fingerprint density at radius 1 is 0.667 bits per heavy atom. The fraction of sp³-hybridized carbons (Fsp3) is 0.636. The van der Waals surface area contributed by atoms with Crippen LogP contribution in [-0.2, 0) is 12.8 Å². The van der Waals surface area contributed by atoms with E-state index in [-0.39, 0.29) is 0 Å². The molecule has 0 saturated heterocycles. The lowest BCUT2D eigenvalue weighted by Crippen LogP contribution is -2.13. The largest absolute Gasteiger partial charge is 0.192 e. The van der Waals surface area contributed by atoms with Crippen molar-refractivity contribution in [1.82, 2.24) is 0 Å². The molecule has 2 saturated carbocycles. The molecule has 0 aromatic heterocycles. The quantitative estimate of drug-likeness (QED) is 0.717. The fourth-order valence-electron chi connectivity index (χ4n) is 4.69. The highest BCUT2D eigenvalue weighted by atomic mass is 14.3. The summed E-state index contributed by atoms with van der Waals surface area (Å²) < 4.78 is 0. The lowest BCUT2D eigenvalue weighted by atomic mass is 9.80. The molecule has 0 radical (unpaired) electrons. The summed E-state index contributed by atoms with van der Waals surface area (Å²) >= 11 is 0. The van der Waals surface area contributed by atoms with Gasteiger partial charge in [0.2, 0.25) is 0 Å². The van der Waals surface area contributed by atoms with Gasteiger partial charge in [-0.05, 0) is 35.8 Å². The molecule has 0 heterocycles. The Labute approximate surface area is 146 Å². The second kappa shape index (κ2) is 8.34. The predicted molar refractivity (Wildman–Crippen MR) is 96.4 cm³/mol. The SMILES string of the molecule is N#Cc1c(CC2CCCCC2)ccc(CC2CCCCC2)c1C#N. The zero-order chi connectivity index (χ0) is 16.8. The third-order valence-corrected chi connectivity index (χ3v) is 6.07. The van der Waals surface area contributed by atoms with Crippen LogP contribution in [0.2, 0.25) is 0 Å². The van der Waals surface area contributed by atoms with Crippen molar-refractivity contribution in [2.45, 2.75) is 77.0 Å². The topological polar surface area (TPSA) is 47.6 Å². The molecule has 2 fully saturated rings. The van der Waals surface area contributed by atoms with Crippen molar-refractivity contribution >= 4 is 0 Å². The smallest absolute Gasteiger partial charge is 0.101 e. The molecule has 2 nitrogen and oxygen atoms in total. The third-order valence-electron chi connectivity index (χ3n) is 6.07. The summed E-state index contributed by atoms with van der Waals surface area (Å²) in [4.78, 5) is 0. The van der Waals surface area contributed by atoms with E-state index in [1.807, 2.05) is 0 Å². The maximum absolute atomic E-state index is 9.69. The first-order valence-corrected chi connectivity index (χ1v) is 9.76.